The number of rotatable bonds is 4. The molecule has 1 aromatic heterocycles. The number of amides is 1. The molecule has 1 rings (SSSR count). The molecule has 94 valence electrons. The van der Waals surface area contributed by atoms with E-state index in [0.717, 1.165) is 0 Å². The van der Waals surface area contributed by atoms with E-state index in [0.29, 0.717) is 5.76 Å². The fraction of sp³-hybridized carbons (Fsp3) is 0.545. The van der Waals surface area contributed by atoms with E-state index in [2.05, 4.69) is 10.5 Å². The van der Waals surface area contributed by atoms with Crippen molar-refractivity contribution in [2.24, 2.45) is 0 Å². The van der Waals surface area contributed by atoms with Crippen LogP contribution in [0.2, 0.25) is 0 Å². The van der Waals surface area contributed by atoms with Crippen molar-refractivity contribution in [3.05, 3.63) is 17.5 Å². The van der Waals surface area contributed by atoms with E-state index in [4.69, 9.17) is 9.63 Å². The Balaban J connectivity index is 2.80. The fourth-order valence-corrected chi connectivity index (χ4v) is 1.07. The van der Waals surface area contributed by atoms with E-state index < -0.39 is 17.4 Å². The second kappa shape index (κ2) is 4.57. The van der Waals surface area contributed by atoms with E-state index in [1.165, 1.54) is 19.9 Å². The van der Waals surface area contributed by atoms with E-state index in [-0.39, 0.29) is 11.6 Å². The zero-order chi connectivity index (χ0) is 13.2. The van der Waals surface area contributed by atoms with Crippen molar-refractivity contribution in [2.45, 2.75) is 39.2 Å². The van der Waals surface area contributed by atoms with Crippen molar-refractivity contribution in [1.82, 2.24) is 10.5 Å². The number of hydrogen-bond donors (Lipinski definition) is 2. The summed E-state index contributed by atoms with van der Waals surface area (Å²) < 4.78 is 4.96. The van der Waals surface area contributed by atoms with E-state index in [1.54, 1.807) is 0 Å². The molecular weight excluding hydrogens is 224 g/mol. The molecule has 6 nitrogen and oxygen atoms in total. The van der Waals surface area contributed by atoms with Crippen LogP contribution in [0.4, 0.5) is 0 Å². The zero-order valence-electron chi connectivity index (χ0n) is 10.3. The summed E-state index contributed by atoms with van der Waals surface area (Å²) in [6.07, 6.45) is 0. The third-order valence-electron chi connectivity index (χ3n) is 2.29. The molecule has 0 aromatic carbocycles. The summed E-state index contributed by atoms with van der Waals surface area (Å²) in [5.41, 5.74) is -1.25. The summed E-state index contributed by atoms with van der Waals surface area (Å²) in [5.74, 6) is -0.966. The van der Waals surface area contributed by atoms with Gasteiger partial charge in [0.2, 0.25) is 0 Å². The van der Waals surface area contributed by atoms with Crippen LogP contribution in [0, 0.1) is 0 Å². The Morgan fingerprint density at radius 2 is 2.06 bits per heavy atom. The Morgan fingerprint density at radius 3 is 2.47 bits per heavy atom. The van der Waals surface area contributed by atoms with Gasteiger partial charge in [0.05, 0.1) is 0 Å². The van der Waals surface area contributed by atoms with Crippen LogP contribution in [-0.4, -0.2) is 27.7 Å². The van der Waals surface area contributed by atoms with Gasteiger partial charge in [0.15, 0.2) is 5.69 Å². The standard InChI is InChI=1S/C11H16N2O4/c1-6(2)8-5-7(13-17-8)9(14)12-11(3,4)10(15)16/h5-6H,1-4H3,(H,12,14)(H,15,16). The first-order chi connectivity index (χ1) is 7.74. The molecule has 0 aliphatic carbocycles. The van der Waals surface area contributed by atoms with Crippen LogP contribution in [0.1, 0.15) is 49.9 Å². The average Bonchev–Trinajstić information content (AvgIpc) is 2.65. The van der Waals surface area contributed by atoms with Crippen molar-refractivity contribution in [2.75, 3.05) is 0 Å². The van der Waals surface area contributed by atoms with Gasteiger partial charge in [-0.2, -0.15) is 0 Å². The first-order valence-electron chi connectivity index (χ1n) is 5.26. The summed E-state index contributed by atoms with van der Waals surface area (Å²) in [6.45, 7) is 6.61. The molecule has 0 saturated heterocycles. The Kier molecular flexibility index (Phi) is 3.55. The predicted octanol–water partition coefficient (Wildman–Crippen LogP) is 1.39. The Morgan fingerprint density at radius 1 is 1.47 bits per heavy atom. The minimum atomic E-state index is -1.34. The Labute approximate surface area is 99.0 Å². The highest BCUT2D eigenvalue weighted by molar-refractivity contribution is 5.96. The largest absolute Gasteiger partial charge is 0.480 e. The van der Waals surface area contributed by atoms with Gasteiger partial charge in [-0.1, -0.05) is 19.0 Å². The fourth-order valence-electron chi connectivity index (χ4n) is 1.07. The minimum absolute atomic E-state index is 0.0861. The highest BCUT2D eigenvalue weighted by atomic mass is 16.5. The number of carbonyl (C=O) groups excluding carboxylic acids is 1. The van der Waals surface area contributed by atoms with Gasteiger partial charge in [0.25, 0.3) is 5.91 Å². The summed E-state index contributed by atoms with van der Waals surface area (Å²) in [5, 5.41) is 14.8. The van der Waals surface area contributed by atoms with Gasteiger partial charge in [0, 0.05) is 12.0 Å². The summed E-state index contributed by atoms with van der Waals surface area (Å²) in [4.78, 5) is 22.5. The van der Waals surface area contributed by atoms with Crippen LogP contribution in [0.3, 0.4) is 0 Å². The number of aliphatic carboxylic acids is 1. The van der Waals surface area contributed by atoms with Crippen molar-refractivity contribution in [1.29, 1.82) is 0 Å². The SMILES string of the molecule is CC(C)c1cc(C(=O)NC(C)(C)C(=O)O)no1. The van der Waals surface area contributed by atoms with Crippen LogP contribution in [0.15, 0.2) is 10.6 Å². The quantitative estimate of drug-likeness (QED) is 0.829. The maximum Gasteiger partial charge on any atom is 0.328 e. The number of carbonyl (C=O) groups is 2. The van der Waals surface area contributed by atoms with Gasteiger partial charge < -0.3 is 14.9 Å². The summed E-state index contributed by atoms with van der Waals surface area (Å²) in [7, 11) is 0. The van der Waals surface area contributed by atoms with Crippen molar-refractivity contribution >= 4 is 11.9 Å². The number of nitrogens with one attached hydrogen (secondary N) is 1. The number of hydrogen-bond acceptors (Lipinski definition) is 4. The van der Waals surface area contributed by atoms with Crippen molar-refractivity contribution in [3.63, 3.8) is 0 Å². The maximum atomic E-state index is 11.7. The zero-order valence-corrected chi connectivity index (χ0v) is 10.3. The molecule has 0 aliphatic heterocycles. The second-order valence-corrected chi connectivity index (χ2v) is 4.65. The molecule has 1 amide bonds. The number of carboxylic acids is 1. The van der Waals surface area contributed by atoms with E-state index >= 15 is 0 Å². The lowest BCUT2D eigenvalue weighted by Gasteiger charge is -2.19. The third-order valence-corrected chi connectivity index (χ3v) is 2.29. The molecule has 0 bridgehead atoms. The molecule has 6 heteroatoms. The average molecular weight is 240 g/mol. The first kappa shape index (κ1) is 13.2. The molecule has 1 aromatic rings. The lowest BCUT2D eigenvalue weighted by Crippen LogP contribution is -2.49. The van der Waals surface area contributed by atoms with Gasteiger partial charge in [-0.3, -0.25) is 4.79 Å². The molecule has 1 heterocycles. The Hall–Kier alpha value is -1.85. The summed E-state index contributed by atoms with van der Waals surface area (Å²) in [6, 6.07) is 1.51. The van der Waals surface area contributed by atoms with Crippen molar-refractivity contribution in [3.8, 4) is 0 Å². The maximum absolute atomic E-state index is 11.7. The van der Waals surface area contributed by atoms with Gasteiger partial charge >= 0.3 is 5.97 Å². The Bertz CT molecular complexity index is 434. The monoisotopic (exact) mass is 240 g/mol. The number of nitrogens with zero attached hydrogens (tertiary/aromatic N) is 1. The topological polar surface area (TPSA) is 92.4 Å². The molecule has 0 aliphatic rings. The lowest BCUT2D eigenvalue weighted by atomic mass is 10.1. The molecule has 0 spiro atoms. The molecule has 0 saturated carbocycles. The van der Waals surface area contributed by atoms with Crippen LogP contribution in [0.5, 0.6) is 0 Å². The first-order valence-corrected chi connectivity index (χ1v) is 5.26. The van der Waals surface area contributed by atoms with Gasteiger partial charge in [-0.15, -0.1) is 0 Å². The van der Waals surface area contributed by atoms with E-state index in [9.17, 15) is 9.59 Å². The third kappa shape index (κ3) is 3.05. The molecule has 2 N–H and O–H groups in total. The normalized spacial score (nSPS) is 11.6. The smallest absolute Gasteiger partial charge is 0.328 e. The summed E-state index contributed by atoms with van der Waals surface area (Å²) >= 11 is 0. The molecular formula is C11H16N2O4. The molecule has 0 fully saturated rings. The van der Waals surface area contributed by atoms with Gasteiger partial charge in [-0.25, -0.2) is 4.79 Å². The number of aromatic nitrogens is 1. The molecule has 0 radical (unpaired) electrons. The molecule has 0 unspecified atom stereocenters. The van der Waals surface area contributed by atoms with Crippen LogP contribution in [-0.2, 0) is 4.79 Å². The lowest BCUT2D eigenvalue weighted by molar-refractivity contribution is -0.143. The van der Waals surface area contributed by atoms with Gasteiger partial charge in [-0.05, 0) is 13.8 Å². The highest BCUT2D eigenvalue weighted by Gasteiger charge is 2.30. The second-order valence-electron chi connectivity index (χ2n) is 4.65. The molecule has 17 heavy (non-hydrogen) atoms. The van der Waals surface area contributed by atoms with Gasteiger partial charge in [0.1, 0.15) is 11.3 Å². The van der Waals surface area contributed by atoms with Crippen LogP contribution in [0.25, 0.3) is 0 Å². The predicted molar refractivity (Wildman–Crippen MR) is 59.8 cm³/mol. The minimum Gasteiger partial charge on any atom is -0.480 e. The van der Waals surface area contributed by atoms with Crippen LogP contribution >= 0.6 is 0 Å². The van der Waals surface area contributed by atoms with Crippen molar-refractivity contribution < 1.29 is 19.2 Å². The van der Waals surface area contributed by atoms with E-state index in [1.807, 2.05) is 13.8 Å². The number of carboxylic acid groups (broad SMARTS) is 1. The molecule has 0 atom stereocenters. The van der Waals surface area contributed by atoms with Crippen LogP contribution < -0.4 is 5.32 Å². The highest BCUT2D eigenvalue weighted by Crippen LogP contribution is 2.15.